The van der Waals surface area contributed by atoms with Gasteiger partial charge in [0.25, 0.3) is 0 Å². The van der Waals surface area contributed by atoms with Crippen LogP contribution >= 0.6 is 0 Å². The van der Waals surface area contributed by atoms with Gasteiger partial charge >= 0.3 is 0 Å². The second kappa shape index (κ2) is 9.97. The highest BCUT2D eigenvalue weighted by Gasteiger charge is 2.28. The number of amides is 1. The minimum Gasteiger partial charge on any atom is -0.379 e. The molecule has 1 aliphatic rings. The van der Waals surface area contributed by atoms with E-state index in [9.17, 15) is 4.79 Å². The molecular weight excluding hydrogens is 318 g/mol. The molecule has 0 bridgehead atoms. The zero-order chi connectivity index (χ0) is 18.9. The van der Waals surface area contributed by atoms with Crippen LogP contribution in [-0.4, -0.2) is 74.8 Å². The Hall–Kier alpha value is -1.34. The summed E-state index contributed by atoms with van der Waals surface area (Å²) in [4.78, 5) is 19.0. The molecule has 0 unspecified atom stereocenters. The van der Waals surface area contributed by atoms with E-state index in [2.05, 4.69) is 34.7 Å². The third-order valence-corrected chi connectivity index (χ3v) is 4.22. The van der Waals surface area contributed by atoms with Crippen molar-refractivity contribution in [1.29, 1.82) is 0 Å². The van der Waals surface area contributed by atoms with E-state index in [4.69, 9.17) is 9.73 Å². The highest BCUT2D eigenvalue weighted by Crippen LogP contribution is 2.16. The van der Waals surface area contributed by atoms with E-state index < -0.39 is 0 Å². The van der Waals surface area contributed by atoms with Gasteiger partial charge in [-0.3, -0.25) is 14.7 Å². The third-order valence-electron chi connectivity index (χ3n) is 4.22. The van der Waals surface area contributed by atoms with Crippen LogP contribution < -0.4 is 16.0 Å². The Morgan fingerprint density at radius 1 is 1.04 bits per heavy atom. The largest absolute Gasteiger partial charge is 0.379 e. The fourth-order valence-corrected chi connectivity index (χ4v) is 2.51. The average molecular weight is 356 g/mol. The van der Waals surface area contributed by atoms with Crippen LogP contribution in [0.15, 0.2) is 4.99 Å². The van der Waals surface area contributed by atoms with Gasteiger partial charge < -0.3 is 20.7 Å². The molecule has 7 heteroatoms. The monoisotopic (exact) mass is 355 g/mol. The Balaban J connectivity index is 2.46. The van der Waals surface area contributed by atoms with Crippen LogP contribution in [0.2, 0.25) is 0 Å². The maximum atomic E-state index is 11.9. The molecule has 25 heavy (non-hydrogen) atoms. The van der Waals surface area contributed by atoms with E-state index in [-0.39, 0.29) is 16.9 Å². The van der Waals surface area contributed by atoms with Crippen molar-refractivity contribution in [2.24, 2.45) is 10.4 Å². The molecule has 7 nitrogen and oxygen atoms in total. The first kappa shape index (κ1) is 21.7. The van der Waals surface area contributed by atoms with Gasteiger partial charge in [0.2, 0.25) is 5.91 Å². The Morgan fingerprint density at radius 3 is 2.20 bits per heavy atom. The lowest BCUT2D eigenvalue weighted by Crippen LogP contribution is -2.52. The standard InChI is InChI=1S/C18H37N5O2/c1-7-19-16(21-9-8-20-15(24)17(2,3)4)22-14-18(5,6)23-10-12-25-13-11-23/h7-14H2,1-6H3,(H,20,24)(H2,19,21,22). The number of morpholine rings is 1. The zero-order valence-corrected chi connectivity index (χ0v) is 16.9. The summed E-state index contributed by atoms with van der Waals surface area (Å²) in [7, 11) is 0. The van der Waals surface area contributed by atoms with Crippen LogP contribution in [0.25, 0.3) is 0 Å². The van der Waals surface area contributed by atoms with Crippen LogP contribution in [0, 0.1) is 5.41 Å². The van der Waals surface area contributed by atoms with Crippen molar-refractivity contribution in [1.82, 2.24) is 20.9 Å². The molecule has 1 amide bonds. The topological polar surface area (TPSA) is 78.0 Å². The summed E-state index contributed by atoms with van der Waals surface area (Å²) in [5.41, 5.74) is -0.368. The zero-order valence-electron chi connectivity index (χ0n) is 16.9. The van der Waals surface area contributed by atoms with Crippen LogP contribution in [0.5, 0.6) is 0 Å². The molecule has 0 radical (unpaired) electrons. The SMILES string of the molecule is CCNC(=NCC(C)(C)N1CCOCC1)NCCNC(=O)C(C)(C)C. The molecular formula is C18H37N5O2. The molecule has 0 aromatic carbocycles. The summed E-state index contributed by atoms with van der Waals surface area (Å²) >= 11 is 0. The molecule has 146 valence electrons. The van der Waals surface area contributed by atoms with Crippen LogP contribution in [0.3, 0.4) is 0 Å². The fourth-order valence-electron chi connectivity index (χ4n) is 2.51. The molecule has 1 rings (SSSR count). The van der Waals surface area contributed by atoms with Gasteiger partial charge in [-0.15, -0.1) is 0 Å². The molecule has 0 spiro atoms. The summed E-state index contributed by atoms with van der Waals surface area (Å²) in [5.74, 6) is 0.846. The molecule has 0 aliphatic carbocycles. The number of nitrogens with zero attached hydrogens (tertiary/aromatic N) is 2. The number of hydrogen-bond donors (Lipinski definition) is 3. The van der Waals surface area contributed by atoms with E-state index in [1.54, 1.807) is 0 Å². The third kappa shape index (κ3) is 8.05. The predicted octanol–water partition coefficient (Wildman–Crippen LogP) is 0.815. The van der Waals surface area contributed by atoms with E-state index >= 15 is 0 Å². The maximum Gasteiger partial charge on any atom is 0.225 e. The number of carbonyl (C=O) groups excluding carboxylic acids is 1. The first-order valence-corrected chi connectivity index (χ1v) is 9.30. The lowest BCUT2D eigenvalue weighted by atomic mass is 9.96. The molecule has 1 fully saturated rings. The lowest BCUT2D eigenvalue weighted by molar-refractivity contribution is -0.128. The number of nitrogens with one attached hydrogen (secondary N) is 3. The molecule has 0 aromatic heterocycles. The number of ether oxygens (including phenoxy) is 1. The molecule has 1 heterocycles. The minimum atomic E-state index is -0.360. The van der Waals surface area contributed by atoms with Gasteiger partial charge in [0.15, 0.2) is 5.96 Å². The lowest BCUT2D eigenvalue weighted by Gasteiger charge is -2.39. The number of carbonyl (C=O) groups is 1. The number of aliphatic imine (C=N–C) groups is 1. The Kier molecular flexibility index (Phi) is 8.65. The summed E-state index contributed by atoms with van der Waals surface area (Å²) < 4.78 is 5.43. The summed E-state index contributed by atoms with van der Waals surface area (Å²) in [6, 6.07) is 0. The van der Waals surface area contributed by atoms with Gasteiger partial charge in [0.1, 0.15) is 0 Å². The quantitative estimate of drug-likeness (QED) is 0.358. The van der Waals surface area contributed by atoms with Crippen LogP contribution in [0.1, 0.15) is 41.5 Å². The second-order valence-corrected chi connectivity index (χ2v) is 8.04. The van der Waals surface area contributed by atoms with Crippen LogP contribution in [0.4, 0.5) is 0 Å². The molecule has 3 N–H and O–H groups in total. The van der Waals surface area contributed by atoms with Gasteiger partial charge in [-0.25, -0.2) is 0 Å². The highest BCUT2D eigenvalue weighted by atomic mass is 16.5. The van der Waals surface area contributed by atoms with Gasteiger partial charge in [-0.1, -0.05) is 20.8 Å². The molecule has 0 atom stereocenters. The van der Waals surface area contributed by atoms with E-state index in [0.717, 1.165) is 38.8 Å². The normalized spacial score (nSPS) is 17.3. The van der Waals surface area contributed by atoms with Crippen molar-refractivity contribution in [2.75, 3.05) is 52.5 Å². The predicted molar refractivity (Wildman–Crippen MR) is 103 cm³/mol. The van der Waals surface area contributed by atoms with E-state index in [1.165, 1.54) is 0 Å². The maximum absolute atomic E-state index is 11.9. The van der Waals surface area contributed by atoms with Gasteiger partial charge in [0.05, 0.1) is 19.8 Å². The van der Waals surface area contributed by atoms with Gasteiger partial charge in [-0.05, 0) is 20.8 Å². The van der Waals surface area contributed by atoms with Crippen molar-refractivity contribution in [2.45, 2.75) is 47.1 Å². The Labute approximate surface area is 153 Å². The summed E-state index contributed by atoms with van der Waals surface area (Å²) in [5, 5.41) is 9.48. The highest BCUT2D eigenvalue weighted by molar-refractivity contribution is 5.81. The Bertz CT molecular complexity index is 437. The number of guanidine groups is 1. The first-order chi connectivity index (χ1) is 11.7. The smallest absolute Gasteiger partial charge is 0.225 e. The fraction of sp³-hybridized carbons (Fsp3) is 0.889. The summed E-state index contributed by atoms with van der Waals surface area (Å²) in [6.07, 6.45) is 0. The molecule has 1 saturated heterocycles. The van der Waals surface area contributed by atoms with Crippen LogP contribution in [-0.2, 0) is 9.53 Å². The first-order valence-electron chi connectivity index (χ1n) is 9.30. The average Bonchev–Trinajstić information content (AvgIpc) is 2.56. The summed E-state index contributed by atoms with van der Waals surface area (Å²) in [6.45, 7) is 18.4. The molecule has 0 saturated carbocycles. The van der Waals surface area contributed by atoms with Crippen molar-refractivity contribution in [3.63, 3.8) is 0 Å². The van der Waals surface area contributed by atoms with Gasteiger partial charge in [0, 0.05) is 43.7 Å². The number of hydrogen-bond acceptors (Lipinski definition) is 4. The van der Waals surface area contributed by atoms with Crippen molar-refractivity contribution in [3.8, 4) is 0 Å². The molecule has 0 aromatic rings. The van der Waals surface area contributed by atoms with Gasteiger partial charge in [-0.2, -0.15) is 0 Å². The van der Waals surface area contributed by atoms with E-state index in [0.29, 0.717) is 19.6 Å². The Morgan fingerprint density at radius 2 is 1.64 bits per heavy atom. The second-order valence-electron chi connectivity index (χ2n) is 8.04. The minimum absolute atomic E-state index is 0.00736. The van der Waals surface area contributed by atoms with Crippen molar-refractivity contribution >= 4 is 11.9 Å². The molecule has 1 aliphatic heterocycles. The van der Waals surface area contributed by atoms with Crippen molar-refractivity contribution in [3.05, 3.63) is 0 Å². The van der Waals surface area contributed by atoms with E-state index in [1.807, 2.05) is 27.7 Å². The number of rotatable bonds is 7. The van der Waals surface area contributed by atoms with Crippen molar-refractivity contribution < 1.29 is 9.53 Å².